The maximum Gasteiger partial charge on any atom is 0.534 e. The summed E-state index contributed by atoms with van der Waals surface area (Å²) in [6.45, 7) is 4.35. The molecule has 12 heteroatoms. The van der Waals surface area contributed by atoms with Crippen molar-refractivity contribution < 1.29 is 44.8 Å². The van der Waals surface area contributed by atoms with Crippen molar-refractivity contribution in [2.45, 2.75) is 45.0 Å². The number of halogens is 3. The van der Waals surface area contributed by atoms with Crippen LogP contribution in [0.3, 0.4) is 0 Å². The lowest BCUT2D eigenvalue weighted by Crippen LogP contribution is -2.40. The number of carbonyl (C=O) groups excluding carboxylic acids is 2. The zero-order valence-corrected chi connectivity index (χ0v) is 18.8. The van der Waals surface area contributed by atoms with Gasteiger partial charge in [-0.05, 0) is 44.0 Å². The number of hydrogen-bond acceptors (Lipinski definition) is 7. The van der Waals surface area contributed by atoms with E-state index in [0.29, 0.717) is 10.5 Å². The van der Waals surface area contributed by atoms with Gasteiger partial charge in [-0.2, -0.15) is 21.6 Å². The van der Waals surface area contributed by atoms with E-state index in [9.17, 15) is 31.2 Å². The lowest BCUT2D eigenvalue weighted by molar-refractivity contribution is -0.0500. The molecule has 0 saturated heterocycles. The lowest BCUT2D eigenvalue weighted by Gasteiger charge is -2.25. The van der Waals surface area contributed by atoms with Crippen LogP contribution in [-0.4, -0.2) is 36.6 Å². The summed E-state index contributed by atoms with van der Waals surface area (Å²) in [6.07, 6.45) is -2.01. The van der Waals surface area contributed by atoms with Crippen molar-refractivity contribution in [3.05, 3.63) is 65.7 Å². The molecule has 0 aliphatic heterocycles. The van der Waals surface area contributed by atoms with E-state index in [1.165, 1.54) is 12.1 Å². The summed E-state index contributed by atoms with van der Waals surface area (Å²) < 4.78 is 74.0. The molecule has 0 unspecified atom stereocenters. The van der Waals surface area contributed by atoms with Crippen molar-refractivity contribution in [2.75, 3.05) is 0 Å². The second-order valence-electron chi connectivity index (χ2n) is 7.73. The van der Waals surface area contributed by atoms with E-state index in [2.05, 4.69) is 4.18 Å². The highest BCUT2D eigenvalue weighted by Crippen LogP contribution is 2.27. The molecule has 0 saturated carbocycles. The molecule has 0 bridgehead atoms. The molecule has 0 aliphatic rings. The molecule has 0 N–H and O–H groups in total. The largest absolute Gasteiger partial charge is 0.534 e. The monoisotopic (exact) mass is 489 g/mol. The summed E-state index contributed by atoms with van der Waals surface area (Å²) in [5.41, 5.74) is -5.54. The molecule has 180 valence electrons. The van der Waals surface area contributed by atoms with Gasteiger partial charge in [-0.25, -0.2) is 14.5 Å². The molecule has 0 radical (unpaired) electrons. The minimum Gasteiger partial charge on any atom is -0.444 e. The number of hydrogen-bond donors (Lipinski definition) is 0. The molecule has 33 heavy (non-hydrogen) atoms. The molecule has 2 aromatic carbocycles. The second-order valence-corrected chi connectivity index (χ2v) is 9.27. The summed E-state index contributed by atoms with van der Waals surface area (Å²) >= 11 is 0. The maximum absolute atomic E-state index is 12.6. The summed E-state index contributed by atoms with van der Waals surface area (Å²) in [5.74, 6) is -0.591. The number of rotatable bonds is 6. The van der Waals surface area contributed by atoms with Crippen molar-refractivity contribution in [3.8, 4) is 5.75 Å². The van der Waals surface area contributed by atoms with Crippen LogP contribution in [0.4, 0.5) is 22.8 Å². The first-order valence-corrected chi connectivity index (χ1v) is 10.9. The maximum atomic E-state index is 12.6. The van der Waals surface area contributed by atoms with E-state index in [4.69, 9.17) is 9.47 Å². The van der Waals surface area contributed by atoms with Crippen molar-refractivity contribution in [1.29, 1.82) is 0 Å². The van der Waals surface area contributed by atoms with E-state index in [0.717, 1.165) is 12.1 Å². The predicted molar refractivity (Wildman–Crippen MR) is 110 cm³/mol. The van der Waals surface area contributed by atoms with Crippen LogP contribution in [0, 0.1) is 0 Å². The van der Waals surface area contributed by atoms with Gasteiger partial charge in [0.1, 0.15) is 18.0 Å². The van der Waals surface area contributed by atoms with Crippen LogP contribution in [0.25, 0.3) is 0 Å². The molecule has 0 atom stereocenters. The molecule has 2 rings (SSSR count). The molecule has 2 amide bonds. The van der Waals surface area contributed by atoms with Gasteiger partial charge in [-0.3, -0.25) is 0 Å². The summed E-state index contributed by atoms with van der Waals surface area (Å²) in [5, 5.41) is 0. The highest BCUT2D eigenvalue weighted by molar-refractivity contribution is 7.88. The van der Waals surface area contributed by atoms with E-state index in [1.807, 2.05) is 0 Å². The number of imide groups is 1. The van der Waals surface area contributed by atoms with E-state index in [-0.39, 0.29) is 18.7 Å². The molecule has 0 fully saturated rings. The Morgan fingerprint density at radius 2 is 1.45 bits per heavy atom. The lowest BCUT2D eigenvalue weighted by atomic mass is 10.2. The first-order chi connectivity index (χ1) is 15.2. The SMILES string of the molecule is CC(C)(C)OC(=O)N(Cc1ccc(OS(=O)(=O)C(F)(F)F)cc1)C(=O)OCc1ccccc1. The van der Waals surface area contributed by atoms with Crippen LogP contribution in [0.5, 0.6) is 5.75 Å². The third-order valence-corrected chi connectivity index (χ3v) is 4.77. The number of alkyl halides is 3. The van der Waals surface area contributed by atoms with Gasteiger partial charge < -0.3 is 13.7 Å². The van der Waals surface area contributed by atoms with Gasteiger partial charge >= 0.3 is 27.8 Å². The molecule has 2 aromatic rings. The van der Waals surface area contributed by atoms with Crippen LogP contribution in [0.1, 0.15) is 31.9 Å². The Hall–Kier alpha value is -3.28. The summed E-state index contributed by atoms with van der Waals surface area (Å²) in [6, 6.07) is 13.0. The Morgan fingerprint density at radius 3 is 1.97 bits per heavy atom. The zero-order chi connectivity index (χ0) is 24.9. The number of ether oxygens (including phenoxy) is 2. The van der Waals surface area contributed by atoms with Crippen LogP contribution in [0.2, 0.25) is 0 Å². The molecule has 0 spiro atoms. The first-order valence-electron chi connectivity index (χ1n) is 9.49. The Balaban J connectivity index is 2.16. The van der Waals surface area contributed by atoms with Crippen molar-refractivity contribution >= 4 is 22.3 Å². The third kappa shape index (κ3) is 7.97. The minimum atomic E-state index is -5.83. The van der Waals surface area contributed by atoms with Gasteiger partial charge in [0.25, 0.3) is 0 Å². The smallest absolute Gasteiger partial charge is 0.444 e. The van der Waals surface area contributed by atoms with E-state index in [1.54, 1.807) is 51.1 Å². The minimum absolute atomic E-state index is 0.110. The van der Waals surface area contributed by atoms with Crippen LogP contribution < -0.4 is 4.18 Å². The molecule has 0 heterocycles. The molecule has 8 nitrogen and oxygen atoms in total. The normalized spacial score (nSPS) is 12.1. The van der Waals surface area contributed by atoms with E-state index < -0.39 is 39.2 Å². The molecule has 0 aromatic heterocycles. The van der Waals surface area contributed by atoms with Gasteiger partial charge in [-0.15, -0.1) is 0 Å². The fourth-order valence-electron chi connectivity index (χ4n) is 2.32. The topological polar surface area (TPSA) is 99.2 Å². The first kappa shape index (κ1) is 26.0. The quantitative estimate of drug-likeness (QED) is 0.416. The Morgan fingerprint density at radius 1 is 0.879 bits per heavy atom. The molecule has 0 aliphatic carbocycles. The fourth-order valence-corrected chi connectivity index (χ4v) is 2.78. The highest BCUT2D eigenvalue weighted by Gasteiger charge is 2.48. The number of carbonyl (C=O) groups is 2. The summed E-state index contributed by atoms with van der Waals surface area (Å²) in [4.78, 5) is 25.8. The Labute approximate surface area is 189 Å². The fraction of sp³-hybridized carbons (Fsp3) is 0.333. The molecular weight excluding hydrogens is 467 g/mol. The highest BCUT2D eigenvalue weighted by atomic mass is 32.2. The predicted octanol–water partition coefficient (Wildman–Crippen LogP) is 4.99. The number of nitrogens with zero attached hydrogens (tertiary/aromatic N) is 1. The number of amides is 2. The van der Waals surface area contributed by atoms with Crippen molar-refractivity contribution in [1.82, 2.24) is 4.90 Å². The van der Waals surface area contributed by atoms with Crippen LogP contribution in [-0.2, 0) is 32.7 Å². The average Bonchev–Trinajstić information content (AvgIpc) is 2.69. The summed E-state index contributed by atoms with van der Waals surface area (Å²) in [7, 11) is -5.83. The Bertz CT molecular complexity index is 1060. The van der Waals surface area contributed by atoms with Crippen molar-refractivity contribution in [2.24, 2.45) is 0 Å². The van der Waals surface area contributed by atoms with Crippen LogP contribution >= 0.6 is 0 Å². The second kappa shape index (κ2) is 10.1. The number of benzene rings is 2. The van der Waals surface area contributed by atoms with Gasteiger partial charge in [0, 0.05) is 0 Å². The molecular formula is C21H22F3NO7S. The van der Waals surface area contributed by atoms with Gasteiger partial charge in [0.15, 0.2) is 0 Å². The van der Waals surface area contributed by atoms with Gasteiger partial charge in [0.05, 0.1) is 6.54 Å². The van der Waals surface area contributed by atoms with Crippen molar-refractivity contribution in [3.63, 3.8) is 0 Å². The average molecular weight is 489 g/mol. The van der Waals surface area contributed by atoms with Gasteiger partial charge in [0.2, 0.25) is 0 Å². The third-order valence-electron chi connectivity index (χ3n) is 3.79. The van der Waals surface area contributed by atoms with Crippen LogP contribution in [0.15, 0.2) is 54.6 Å². The van der Waals surface area contributed by atoms with E-state index >= 15 is 0 Å². The standard InChI is InChI=1S/C21H22F3NO7S/c1-20(2,3)31-19(27)25(18(26)30-14-16-7-5-4-6-8-16)13-15-9-11-17(12-10-15)32-33(28,29)21(22,23)24/h4-12H,13-14H2,1-3H3. The van der Waals surface area contributed by atoms with Gasteiger partial charge in [-0.1, -0.05) is 42.5 Å². The Kier molecular flexibility index (Phi) is 7.96. The zero-order valence-electron chi connectivity index (χ0n) is 18.0.